The fourth-order valence-electron chi connectivity index (χ4n) is 2.82. The molecule has 27 heavy (non-hydrogen) atoms. The standard InChI is InChI=1S/C21H19N3O2S/c1-13(2)21-23-16(12-27-21)11-22-20(25)15-8-9-18-17(10-15)19(26-24-18)14-6-4-3-5-7-14/h3-10,12-13H,11H2,1-2H3,(H,22,25). The van der Waals surface area contributed by atoms with E-state index < -0.39 is 0 Å². The van der Waals surface area contributed by atoms with Gasteiger partial charge in [-0.25, -0.2) is 4.98 Å². The van der Waals surface area contributed by atoms with E-state index in [2.05, 4.69) is 29.3 Å². The van der Waals surface area contributed by atoms with Crippen molar-refractivity contribution >= 4 is 28.1 Å². The van der Waals surface area contributed by atoms with Crippen LogP contribution >= 0.6 is 11.3 Å². The Morgan fingerprint density at radius 2 is 2.00 bits per heavy atom. The normalized spacial score (nSPS) is 11.2. The van der Waals surface area contributed by atoms with E-state index in [9.17, 15) is 4.79 Å². The summed E-state index contributed by atoms with van der Waals surface area (Å²) >= 11 is 1.62. The fourth-order valence-corrected chi connectivity index (χ4v) is 3.66. The molecule has 0 unspecified atom stereocenters. The molecule has 1 amide bonds. The van der Waals surface area contributed by atoms with Gasteiger partial charge < -0.3 is 9.84 Å². The predicted octanol–water partition coefficient (Wildman–Crippen LogP) is 5.00. The van der Waals surface area contributed by atoms with Crippen molar-refractivity contribution in [2.24, 2.45) is 0 Å². The van der Waals surface area contributed by atoms with Gasteiger partial charge in [-0.2, -0.15) is 0 Å². The topological polar surface area (TPSA) is 68.0 Å². The summed E-state index contributed by atoms with van der Waals surface area (Å²) in [6.45, 7) is 4.63. The van der Waals surface area contributed by atoms with Gasteiger partial charge in [0.05, 0.1) is 22.6 Å². The molecule has 2 heterocycles. The van der Waals surface area contributed by atoms with Gasteiger partial charge in [-0.1, -0.05) is 49.3 Å². The minimum absolute atomic E-state index is 0.142. The summed E-state index contributed by atoms with van der Waals surface area (Å²) in [5.74, 6) is 0.921. The molecule has 0 aliphatic carbocycles. The molecule has 0 fully saturated rings. The zero-order valence-corrected chi connectivity index (χ0v) is 15.9. The highest BCUT2D eigenvalue weighted by molar-refractivity contribution is 7.09. The van der Waals surface area contributed by atoms with Gasteiger partial charge in [0.2, 0.25) is 0 Å². The largest absolute Gasteiger partial charge is 0.355 e. The monoisotopic (exact) mass is 377 g/mol. The molecule has 4 rings (SSSR count). The van der Waals surface area contributed by atoms with Crippen molar-refractivity contribution in [2.75, 3.05) is 0 Å². The molecule has 0 aliphatic rings. The van der Waals surface area contributed by atoms with E-state index in [-0.39, 0.29) is 5.91 Å². The predicted molar refractivity (Wildman–Crippen MR) is 107 cm³/mol. The Morgan fingerprint density at radius 1 is 1.19 bits per heavy atom. The number of benzene rings is 2. The summed E-state index contributed by atoms with van der Waals surface area (Å²) < 4.78 is 5.50. The summed E-state index contributed by atoms with van der Waals surface area (Å²) in [5, 5.41) is 10.9. The first-order chi connectivity index (χ1) is 13.1. The third-order valence-electron chi connectivity index (χ3n) is 4.27. The number of hydrogen-bond acceptors (Lipinski definition) is 5. The summed E-state index contributed by atoms with van der Waals surface area (Å²) in [4.78, 5) is 17.1. The van der Waals surface area contributed by atoms with E-state index in [0.717, 1.165) is 27.2 Å². The number of hydrogen-bond donors (Lipinski definition) is 1. The van der Waals surface area contributed by atoms with E-state index in [1.807, 2.05) is 41.8 Å². The van der Waals surface area contributed by atoms with Crippen molar-refractivity contribution in [2.45, 2.75) is 26.3 Å². The van der Waals surface area contributed by atoms with Crippen molar-refractivity contribution in [3.63, 3.8) is 0 Å². The van der Waals surface area contributed by atoms with E-state index in [1.165, 1.54) is 0 Å². The minimum atomic E-state index is -0.142. The van der Waals surface area contributed by atoms with Gasteiger partial charge in [-0.05, 0) is 18.2 Å². The lowest BCUT2D eigenvalue weighted by Gasteiger charge is -2.04. The van der Waals surface area contributed by atoms with Crippen LogP contribution in [0.1, 0.15) is 40.8 Å². The van der Waals surface area contributed by atoms with Crippen LogP contribution in [-0.4, -0.2) is 16.0 Å². The van der Waals surface area contributed by atoms with Crippen LogP contribution in [0.3, 0.4) is 0 Å². The lowest BCUT2D eigenvalue weighted by molar-refractivity contribution is 0.0950. The number of thiazole rings is 1. The summed E-state index contributed by atoms with van der Waals surface area (Å²) in [5.41, 5.74) is 3.11. The Bertz CT molecular complexity index is 1080. The number of nitrogens with one attached hydrogen (secondary N) is 1. The Kier molecular flexibility index (Phi) is 4.73. The highest BCUT2D eigenvalue weighted by Crippen LogP contribution is 2.29. The number of nitrogens with zero attached hydrogens (tertiary/aromatic N) is 2. The molecule has 2 aromatic heterocycles. The van der Waals surface area contributed by atoms with Crippen molar-refractivity contribution in [1.82, 2.24) is 15.5 Å². The van der Waals surface area contributed by atoms with Gasteiger partial charge in [-0.3, -0.25) is 4.79 Å². The molecule has 4 aromatic rings. The number of amides is 1. The number of rotatable bonds is 5. The number of aromatic nitrogens is 2. The molecule has 5 nitrogen and oxygen atoms in total. The molecule has 0 bridgehead atoms. The first kappa shape index (κ1) is 17.4. The zero-order chi connectivity index (χ0) is 18.8. The van der Waals surface area contributed by atoms with Crippen LogP contribution < -0.4 is 5.32 Å². The Balaban J connectivity index is 1.55. The third kappa shape index (κ3) is 3.61. The van der Waals surface area contributed by atoms with Crippen LogP contribution in [0.5, 0.6) is 0 Å². The Morgan fingerprint density at radius 3 is 2.74 bits per heavy atom. The second-order valence-corrected chi connectivity index (χ2v) is 7.51. The van der Waals surface area contributed by atoms with Gasteiger partial charge in [0.1, 0.15) is 5.52 Å². The molecule has 0 atom stereocenters. The maximum atomic E-state index is 12.6. The third-order valence-corrected chi connectivity index (χ3v) is 5.46. The quantitative estimate of drug-likeness (QED) is 0.531. The van der Waals surface area contributed by atoms with E-state index >= 15 is 0 Å². The van der Waals surface area contributed by atoms with Gasteiger partial charge in [-0.15, -0.1) is 11.3 Å². The number of carbonyl (C=O) groups excluding carboxylic acids is 1. The Hall–Kier alpha value is -2.99. The fraction of sp³-hybridized carbons (Fsp3) is 0.190. The summed E-state index contributed by atoms with van der Waals surface area (Å²) in [6, 6.07) is 15.1. The molecule has 0 aliphatic heterocycles. The van der Waals surface area contributed by atoms with Gasteiger partial charge in [0.25, 0.3) is 5.91 Å². The van der Waals surface area contributed by atoms with Gasteiger partial charge in [0, 0.05) is 22.4 Å². The van der Waals surface area contributed by atoms with Crippen LogP contribution in [0.15, 0.2) is 58.4 Å². The molecular weight excluding hydrogens is 358 g/mol. The SMILES string of the molecule is CC(C)c1nc(CNC(=O)c2ccc3noc(-c4ccccc4)c3c2)cs1. The molecule has 0 saturated carbocycles. The first-order valence-corrected chi connectivity index (χ1v) is 9.67. The second-order valence-electron chi connectivity index (χ2n) is 6.62. The van der Waals surface area contributed by atoms with E-state index in [1.54, 1.807) is 23.5 Å². The molecular formula is C21H19N3O2S. The maximum absolute atomic E-state index is 12.6. The first-order valence-electron chi connectivity index (χ1n) is 8.79. The lowest BCUT2D eigenvalue weighted by Crippen LogP contribution is -2.22. The van der Waals surface area contributed by atoms with Gasteiger partial charge >= 0.3 is 0 Å². The molecule has 0 spiro atoms. The molecule has 0 radical (unpaired) electrons. The van der Waals surface area contributed by atoms with Crippen LogP contribution in [0.25, 0.3) is 22.2 Å². The van der Waals surface area contributed by atoms with Gasteiger partial charge in [0.15, 0.2) is 5.76 Å². The molecule has 1 N–H and O–H groups in total. The smallest absolute Gasteiger partial charge is 0.251 e. The second kappa shape index (κ2) is 7.32. The lowest BCUT2D eigenvalue weighted by atomic mass is 10.1. The average Bonchev–Trinajstić information content (AvgIpc) is 3.33. The minimum Gasteiger partial charge on any atom is -0.355 e. The van der Waals surface area contributed by atoms with Crippen molar-refractivity contribution in [1.29, 1.82) is 0 Å². The van der Waals surface area contributed by atoms with E-state index in [4.69, 9.17) is 4.52 Å². The Labute approximate surface area is 161 Å². The molecule has 0 saturated heterocycles. The van der Waals surface area contributed by atoms with Crippen molar-refractivity contribution < 1.29 is 9.32 Å². The molecule has 136 valence electrons. The summed E-state index contributed by atoms with van der Waals surface area (Å²) in [6.07, 6.45) is 0. The average molecular weight is 377 g/mol. The van der Waals surface area contributed by atoms with Crippen molar-refractivity contribution in [3.05, 3.63) is 70.2 Å². The highest BCUT2D eigenvalue weighted by atomic mass is 32.1. The number of carbonyl (C=O) groups is 1. The van der Waals surface area contributed by atoms with Crippen molar-refractivity contribution in [3.8, 4) is 11.3 Å². The highest BCUT2D eigenvalue weighted by Gasteiger charge is 2.14. The zero-order valence-electron chi connectivity index (χ0n) is 15.1. The van der Waals surface area contributed by atoms with Crippen LogP contribution in [0.4, 0.5) is 0 Å². The summed E-state index contributed by atoms with van der Waals surface area (Å²) in [7, 11) is 0. The molecule has 2 aromatic carbocycles. The van der Waals surface area contributed by atoms with E-state index in [0.29, 0.717) is 23.8 Å². The molecule has 6 heteroatoms. The van der Waals surface area contributed by atoms with Crippen LogP contribution in [0, 0.1) is 0 Å². The van der Waals surface area contributed by atoms with Crippen LogP contribution in [-0.2, 0) is 6.54 Å². The number of fused-ring (bicyclic) bond motifs is 1. The maximum Gasteiger partial charge on any atom is 0.251 e. The van der Waals surface area contributed by atoms with Crippen LogP contribution in [0.2, 0.25) is 0 Å².